The molecule has 0 amide bonds. The van der Waals surface area contributed by atoms with Crippen LogP contribution in [-0.2, 0) is 4.84 Å². The van der Waals surface area contributed by atoms with E-state index in [9.17, 15) is 13.2 Å². The highest BCUT2D eigenvalue weighted by atomic mass is 19.4. The van der Waals surface area contributed by atoms with E-state index in [1.807, 2.05) is 13.8 Å². The molecule has 3 nitrogen and oxygen atoms in total. The number of hydrogen-bond donors (Lipinski definition) is 0. The van der Waals surface area contributed by atoms with Gasteiger partial charge in [0.1, 0.15) is 0 Å². The summed E-state index contributed by atoms with van der Waals surface area (Å²) in [5.41, 5.74) is 0. The van der Waals surface area contributed by atoms with Crippen molar-refractivity contribution in [1.29, 1.82) is 0 Å². The predicted molar refractivity (Wildman–Crippen MR) is 45.4 cm³/mol. The summed E-state index contributed by atoms with van der Waals surface area (Å²) in [5.74, 6) is 0. The Morgan fingerprint density at radius 1 is 1.07 bits per heavy atom. The first-order valence-corrected chi connectivity index (χ1v) is 4.63. The van der Waals surface area contributed by atoms with Crippen LogP contribution in [0.25, 0.3) is 0 Å². The first kappa shape index (κ1) is 11.7. The lowest BCUT2D eigenvalue weighted by molar-refractivity contribution is -0.417. The molecule has 6 heteroatoms. The zero-order valence-electron chi connectivity index (χ0n) is 8.34. The van der Waals surface area contributed by atoms with Crippen LogP contribution in [0.2, 0.25) is 0 Å². The highest BCUT2D eigenvalue weighted by Crippen LogP contribution is 2.19. The van der Waals surface area contributed by atoms with Crippen LogP contribution in [0.15, 0.2) is 0 Å². The molecular weight excluding hydrogens is 197 g/mol. The van der Waals surface area contributed by atoms with Crippen molar-refractivity contribution < 1.29 is 18.0 Å². The predicted octanol–water partition coefficient (Wildman–Crippen LogP) is 1.46. The number of alkyl halides is 3. The largest absolute Gasteiger partial charge is 0.539 e. The Hall–Kier alpha value is -0.330. The van der Waals surface area contributed by atoms with Crippen LogP contribution >= 0.6 is 0 Å². The van der Waals surface area contributed by atoms with Gasteiger partial charge >= 0.3 is 6.36 Å². The van der Waals surface area contributed by atoms with Crippen LogP contribution < -0.4 is 0 Å². The average Bonchev–Trinajstić information content (AvgIpc) is 2.02. The maximum Gasteiger partial charge on any atom is 0.539 e. The van der Waals surface area contributed by atoms with Crippen LogP contribution in [0.1, 0.15) is 13.8 Å². The number of nitrogens with zero attached hydrogens (tertiary/aromatic N) is 2. The summed E-state index contributed by atoms with van der Waals surface area (Å²) in [7, 11) is 0. The van der Waals surface area contributed by atoms with Crippen molar-refractivity contribution in [1.82, 2.24) is 9.96 Å². The summed E-state index contributed by atoms with van der Waals surface area (Å²) in [6.07, 6.45) is -4.56. The number of halogens is 3. The summed E-state index contributed by atoms with van der Waals surface area (Å²) < 4.78 is 35.5. The topological polar surface area (TPSA) is 15.7 Å². The minimum Gasteiger partial charge on any atom is -0.298 e. The van der Waals surface area contributed by atoms with Crippen LogP contribution in [0.5, 0.6) is 0 Å². The Bertz CT molecular complexity index is 176. The maximum absolute atomic E-state index is 11.8. The highest BCUT2D eigenvalue weighted by Gasteiger charge is 2.34. The second-order valence-corrected chi connectivity index (χ2v) is 3.60. The third kappa shape index (κ3) is 3.81. The first-order chi connectivity index (χ1) is 6.38. The molecule has 0 aromatic heterocycles. The molecule has 0 N–H and O–H groups in total. The van der Waals surface area contributed by atoms with Crippen molar-refractivity contribution in [3.63, 3.8) is 0 Å². The lowest BCUT2D eigenvalue weighted by atomic mass is 10.3. The normalized spacial score (nSPS) is 21.9. The van der Waals surface area contributed by atoms with E-state index in [4.69, 9.17) is 0 Å². The van der Waals surface area contributed by atoms with Crippen molar-refractivity contribution >= 4 is 0 Å². The van der Waals surface area contributed by atoms with Gasteiger partial charge in [0.2, 0.25) is 0 Å². The third-order valence-electron chi connectivity index (χ3n) is 2.24. The fourth-order valence-electron chi connectivity index (χ4n) is 1.46. The fraction of sp³-hybridized carbons (Fsp3) is 1.00. The Kier molecular flexibility index (Phi) is 3.74. The Balaban J connectivity index is 2.29. The number of hydrogen-bond acceptors (Lipinski definition) is 3. The zero-order valence-corrected chi connectivity index (χ0v) is 8.34. The van der Waals surface area contributed by atoms with Crippen LogP contribution in [0, 0.1) is 0 Å². The van der Waals surface area contributed by atoms with Gasteiger partial charge in [-0.25, -0.2) is 4.84 Å². The SMILES string of the molecule is CC(C)N1CCN(OC(F)(F)F)CC1. The molecule has 0 aromatic rings. The van der Waals surface area contributed by atoms with Gasteiger partial charge < -0.3 is 0 Å². The van der Waals surface area contributed by atoms with Gasteiger partial charge in [-0.1, -0.05) is 0 Å². The van der Waals surface area contributed by atoms with Crippen LogP contribution in [0.3, 0.4) is 0 Å². The molecule has 1 aliphatic rings. The van der Waals surface area contributed by atoms with Gasteiger partial charge in [0.05, 0.1) is 0 Å². The van der Waals surface area contributed by atoms with E-state index in [-0.39, 0.29) is 0 Å². The molecule has 1 aliphatic heterocycles. The van der Waals surface area contributed by atoms with Gasteiger partial charge in [-0.2, -0.15) is 5.06 Å². The molecule has 84 valence electrons. The molecule has 0 aromatic carbocycles. The molecule has 0 atom stereocenters. The Labute approximate surface area is 81.4 Å². The molecule has 0 saturated carbocycles. The van der Waals surface area contributed by atoms with E-state index < -0.39 is 6.36 Å². The minimum atomic E-state index is -4.56. The molecule has 0 unspecified atom stereocenters. The van der Waals surface area contributed by atoms with E-state index in [2.05, 4.69) is 9.74 Å². The van der Waals surface area contributed by atoms with E-state index in [1.54, 1.807) is 0 Å². The lowest BCUT2D eigenvalue weighted by Gasteiger charge is -2.36. The van der Waals surface area contributed by atoms with Crippen molar-refractivity contribution in [2.75, 3.05) is 26.2 Å². The number of piperazine rings is 1. The zero-order chi connectivity index (χ0) is 10.8. The molecular formula is C8H15F3N2O. The molecule has 1 rings (SSSR count). The second-order valence-electron chi connectivity index (χ2n) is 3.60. The third-order valence-corrected chi connectivity index (χ3v) is 2.24. The molecule has 1 heterocycles. The van der Waals surface area contributed by atoms with Gasteiger partial charge in [0.15, 0.2) is 0 Å². The maximum atomic E-state index is 11.8. The van der Waals surface area contributed by atoms with Crippen molar-refractivity contribution in [2.45, 2.75) is 26.3 Å². The van der Waals surface area contributed by atoms with E-state index in [0.29, 0.717) is 32.2 Å². The fourth-order valence-corrected chi connectivity index (χ4v) is 1.46. The van der Waals surface area contributed by atoms with Gasteiger partial charge in [0, 0.05) is 32.2 Å². The number of rotatable bonds is 2. The molecule has 0 aliphatic carbocycles. The monoisotopic (exact) mass is 212 g/mol. The van der Waals surface area contributed by atoms with Crippen molar-refractivity contribution in [2.24, 2.45) is 0 Å². The van der Waals surface area contributed by atoms with Gasteiger partial charge in [-0.15, -0.1) is 13.2 Å². The molecule has 1 saturated heterocycles. The standard InChI is InChI=1S/C8H15F3N2O/c1-7(2)12-3-5-13(6-4-12)14-8(9,10)11/h7H,3-6H2,1-2H3. The average molecular weight is 212 g/mol. The van der Waals surface area contributed by atoms with E-state index in [0.717, 1.165) is 5.06 Å². The molecule has 14 heavy (non-hydrogen) atoms. The summed E-state index contributed by atoms with van der Waals surface area (Å²) in [5, 5.41) is 0.971. The Morgan fingerprint density at radius 2 is 1.57 bits per heavy atom. The highest BCUT2D eigenvalue weighted by molar-refractivity contribution is 4.70. The van der Waals surface area contributed by atoms with E-state index in [1.165, 1.54) is 0 Å². The van der Waals surface area contributed by atoms with Gasteiger partial charge in [0.25, 0.3) is 0 Å². The quantitative estimate of drug-likeness (QED) is 0.689. The smallest absolute Gasteiger partial charge is 0.298 e. The number of hydroxylamine groups is 2. The summed E-state index contributed by atoms with van der Waals surface area (Å²) in [4.78, 5) is 5.93. The summed E-state index contributed by atoms with van der Waals surface area (Å²) in [6, 6.07) is 0.378. The molecule has 0 bridgehead atoms. The molecule has 1 fully saturated rings. The van der Waals surface area contributed by atoms with Gasteiger partial charge in [-0.3, -0.25) is 4.90 Å². The second kappa shape index (κ2) is 4.46. The van der Waals surface area contributed by atoms with Crippen molar-refractivity contribution in [3.8, 4) is 0 Å². The van der Waals surface area contributed by atoms with Crippen LogP contribution in [-0.4, -0.2) is 48.5 Å². The van der Waals surface area contributed by atoms with Gasteiger partial charge in [-0.05, 0) is 13.8 Å². The van der Waals surface area contributed by atoms with Crippen molar-refractivity contribution in [3.05, 3.63) is 0 Å². The molecule has 0 radical (unpaired) electrons. The minimum absolute atomic E-state index is 0.303. The Morgan fingerprint density at radius 3 is 1.93 bits per heavy atom. The van der Waals surface area contributed by atoms with E-state index >= 15 is 0 Å². The van der Waals surface area contributed by atoms with Crippen LogP contribution in [0.4, 0.5) is 13.2 Å². The molecule has 0 spiro atoms. The first-order valence-electron chi connectivity index (χ1n) is 4.63. The summed E-state index contributed by atoms with van der Waals surface area (Å²) in [6.45, 7) is 5.90. The summed E-state index contributed by atoms with van der Waals surface area (Å²) >= 11 is 0. The lowest BCUT2D eigenvalue weighted by Crippen LogP contribution is -2.50.